The second kappa shape index (κ2) is 3.64. The third-order valence-electron chi connectivity index (χ3n) is 2.38. The lowest BCUT2D eigenvalue weighted by molar-refractivity contribution is 0.0694. The Balaban J connectivity index is 3.03. The first-order valence-corrected chi connectivity index (χ1v) is 4.94. The van der Waals surface area contributed by atoms with Crippen LogP contribution in [-0.4, -0.2) is 16.1 Å². The van der Waals surface area contributed by atoms with Gasteiger partial charge in [-0.15, -0.1) is 0 Å². The highest BCUT2D eigenvalue weighted by atomic mass is 35.5. The largest absolute Gasteiger partial charge is 0.477 e. The monoisotopic (exact) mass is 237 g/mol. The maximum Gasteiger partial charge on any atom is 0.341 e. The quantitative estimate of drug-likeness (QED) is 0.799. The van der Waals surface area contributed by atoms with Gasteiger partial charge in [-0.1, -0.05) is 17.7 Å². The minimum absolute atomic E-state index is 0.215. The van der Waals surface area contributed by atoms with Gasteiger partial charge in [0.2, 0.25) is 5.43 Å². The van der Waals surface area contributed by atoms with E-state index in [4.69, 9.17) is 16.7 Å². The zero-order chi connectivity index (χ0) is 11.9. The van der Waals surface area contributed by atoms with Crippen molar-refractivity contribution in [3.05, 3.63) is 44.7 Å². The number of aromatic carboxylic acids is 1. The molecule has 1 aromatic carbocycles. The standard InChI is InChI=1S/C11H8ClNO3/c1-5-8(11(15)16)10(14)9-6(12)3-2-4-7(9)13-5/h2-4H,1H3,(H,13,14)(H,15,16). The second-order valence-electron chi connectivity index (χ2n) is 3.42. The molecule has 0 aliphatic carbocycles. The van der Waals surface area contributed by atoms with Gasteiger partial charge >= 0.3 is 5.97 Å². The lowest BCUT2D eigenvalue weighted by Gasteiger charge is -2.05. The minimum atomic E-state index is -1.25. The van der Waals surface area contributed by atoms with Crippen molar-refractivity contribution >= 4 is 28.5 Å². The molecular formula is C11H8ClNO3. The van der Waals surface area contributed by atoms with Crippen molar-refractivity contribution in [1.29, 1.82) is 0 Å². The van der Waals surface area contributed by atoms with Crippen LogP contribution in [0.3, 0.4) is 0 Å². The number of hydrogen-bond donors (Lipinski definition) is 2. The van der Waals surface area contributed by atoms with E-state index >= 15 is 0 Å². The number of benzene rings is 1. The number of nitrogens with one attached hydrogen (secondary N) is 1. The van der Waals surface area contributed by atoms with Crippen LogP contribution < -0.4 is 5.43 Å². The zero-order valence-corrected chi connectivity index (χ0v) is 9.13. The molecule has 0 amide bonds. The van der Waals surface area contributed by atoms with Crippen molar-refractivity contribution in [1.82, 2.24) is 4.98 Å². The molecular weight excluding hydrogens is 230 g/mol. The summed E-state index contributed by atoms with van der Waals surface area (Å²) in [6.07, 6.45) is 0. The molecule has 0 saturated carbocycles. The molecule has 0 radical (unpaired) electrons. The zero-order valence-electron chi connectivity index (χ0n) is 8.37. The summed E-state index contributed by atoms with van der Waals surface area (Å²) < 4.78 is 0. The van der Waals surface area contributed by atoms with E-state index in [2.05, 4.69) is 4.98 Å². The van der Waals surface area contributed by atoms with Gasteiger partial charge in [0.25, 0.3) is 0 Å². The van der Waals surface area contributed by atoms with E-state index in [1.165, 1.54) is 0 Å². The molecule has 0 aliphatic rings. The summed E-state index contributed by atoms with van der Waals surface area (Å²) in [5.74, 6) is -1.25. The molecule has 0 fully saturated rings. The van der Waals surface area contributed by atoms with Crippen molar-refractivity contribution in [2.75, 3.05) is 0 Å². The summed E-state index contributed by atoms with van der Waals surface area (Å²) >= 11 is 5.88. The Morgan fingerprint density at radius 1 is 1.44 bits per heavy atom. The number of hydrogen-bond acceptors (Lipinski definition) is 2. The lowest BCUT2D eigenvalue weighted by atomic mass is 10.1. The van der Waals surface area contributed by atoms with Crippen LogP contribution in [0.15, 0.2) is 23.0 Å². The molecule has 1 heterocycles. The molecule has 2 aromatic rings. The molecule has 0 unspecified atom stereocenters. The number of rotatable bonds is 1. The second-order valence-corrected chi connectivity index (χ2v) is 3.83. The van der Waals surface area contributed by atoms with E-state index in [1.807, 2.05) is 0 Å². The van der Waals surface area contributed by atoms with Gasteiger partial charge in [0.15, 0.2) is 0 Å². The Hall–Kier alpha value is -1.81. The first kappa shape index (κ1) is 10.7. The first-order valence-electron chi connectivity index (χ1n) is 4.56. The summed E-state index contributed by atoms with van der Waals surface area (Å²) in [4.78, 5) is 25.7. The molecule has 82 valence electrons. The third kappa shape index (κ3) is 1.47. The molecule has 1 aromatic heterocycles. The van der Waals surface area contributed by atoms with E-state index < -0.39 is 11.4 Å². The maximum absolute atomic E-state index is 11.9. The van der Waals surface area contributed by atoms with Crippen molar-refractivity contribution in [3.63, 3.8) is 0 Å². The third-order valence-corrected chi connectivity index (χ3v) is 2.69. The van der Waals surface area contributed by atoms with Gasteiger partial charge < -0.3 is 10.1 Å². The van der Waals surface area contributed by atoms with Crippen LogP contribution in [0.1, 0.15) is 16.1 Å². The van der Waals surface area contributed by atoms with E-state index in [-0.39, 0.29) is 16.0 Å². The van der Waals surface area contributed by atoms with Crippen LogP contribution >= 0.6 is 11.6 Å². The first-order chi connectivity index (χ1) is 7.52. The van der Waals surface area contributed by atoms with Gasteiger partial charge in [-0.2, -0.15) is 0 Å². The van der Waals surface area contributed by atoms with E-state index in [0.717, 1.165) is 0 Å². The molecule has 4 nitrogen and oxygen atoms in total. The number of aromatic amines is 1. The average Bonchev–Trinajstić information content (AvgIpc) is 2.15. The van der Waals surface area contributed by atoms with Crippen molar-refractivity contribution in [2.24, 2.45) is 0 Å². The lowest BCUT2D eigenvalue weighted by Crippen LogP contribution is -2.18. The van der Waals surface area contributed by atoms with Crippen molar-refractivity contribution in [3.8, 4) is 0 Å². The van der Waals surface area contributed by atoms with Crippen LogP contribution in [0.4, 0.5) is 0 Å². The predicted molar refractivity (Wildman–Crippen MR) is 61.3 cm³/mol. The number of fused-ring (bicyclic) bond motifs is 1. The number of H-pyrrole nitrogens is 1. The van der Waals surface area contributed by atoms with Gasteiger partial charge in [0, 0.05) is 5.69 Å². The van der Waals surface area contributed by atoms with Gasteiger partial charge in [0.05, 0.1) is 15.9 Å². The number of aromatic nitrogens is 1. The van der Waals surface area contributed by atoms with Crippen molar-refractivity contribution in [2.45, 2.75) is 6.92 Å². The summed E-state index contributed by atoms with van der Waals surface area (Å²) in [6.45, 7) is 1.55. The van der Waals surface area contributed by atoms with E-state index in [1.54, 1.807) is 25.1 Å². The molecule has 0 bridgehead atoms. The highest BCUT2D eigenvalue weighted by Crippen LogP contribution is 2.19. The Morgan fingerprint density at radius 2 is 2.12 bits per heavy atom. The molecule has 2 N–H and O–H groups in total. The Labute approximate surface area is 95.5 Å². The molecule has 5 heteroatoms. The SMILES string of the molecule is Cc1[nH]c2cccc(Cl)c2c(=O)c1C(=O)O. The average molecular weight is 238 g/mol. The van der Waals surface area contributed by atoms with Gasteiger partial charge in [-0.3, -0.25) is 4.79 Å². The topological polar surface area (TPSA) is 70.2 Å². The highest BCUT2D eigenvalue weighted by molar-refractivity contribution is 6.35. The number of carbonyl (C=O) groups is 1. The van der Waals surface area contributed by atoms with Gasteiger partial charge in [0.1, 0.15) is 5.56 Å². The highest BCUT2D eigenvalue weighted by Gasteiger charge is 2.16. The Morgan fingerprint density at radius 3 is 2.75 bits per heavy atom. The number of carboxylic acids is 1. The molecule has 16 heavy (non-hydrogen) atoms. The summed E-state index contributed by atoms with van der Waals surface area (Å²) in [7, 11) is 0. The fourth-order valence-electron chi connectivity index (χ4n) is 1.68. The fraction of sp³-hybridized carbons (Fsp3) is 0.0909. The van der Waals surface area contributed by atoms with E-state index in [0.29, 0.717) is 11.2 Å². The number of pyridine rings is 1. The van der Waals surface area contributed by atoms with Crippen LogP contribution in [0.2, 0.25) is 5.02 Å². The molecule has 0 spiro atoms. The smallest absolute Gasteiger partial charge is 0.341 e. The van der Waals surface area contributed by atoms with Gasteiger partial charge in [-0.05, 0) is 19.1 Å². The summed E-state index contributed by atoms with van der Waals surface area (Å²) in [6, 6.07) is 4.93. The fourth-order valence-corrected chi connectivity index (χ4v) is 1.94. The normalized spacial score (nSPS) is 10.6. The summed E-state index contributed by atoms with van der Waals surface area (Å²) in [5, 5.41) is 9.40. The molecule has 0 saturated heterocycles. The molecule has 0 aliphatic heterocycles. The van der Waals surface area contributed by atoms with Crippen LogP contribution in [0.25, 0.3) is 10.9 Å². The van der Waals surface area contributed by atoms with Crippen LogP contribution in [-0.2, 0) is 0 Å². The van der Waals surface area contributed by atoms with Crippen LogP contribution in [0, 0.1) is 6.92 Å². The number of carboxylic acid groups (broad SMARTS) is 1. The number of aryl methyl sites for hydroxylation is 1. The number of halogens is 1. The van der Waals surface area contributed by atoms with Crippen LogP contribution in [0.5, 0.6) is 0 Å². The Kier molecular flexibility index (Phi) is 2.44. The Bertz CT molecular complexity index is 645. The van der Waals surface area contributed by atoms with Gasteiger partial charge in [-0.25, -0.2) is 4.79 Å². The molecule has 0 atom stereocenters. The molecule has 2 rings (SSSR count). The van der Waals surface area contributed by atoms with Crippen molar-refractivity contribution < 1.29 is 9.90 Å². The summed E-state index contributed by atoms with van der Waals surface area (Å²) in [5.41, 5.74) is 0.0530. The van der Waals surface area contributed by atoms with E-state index in [9.17, 15) is 9.59 Å². The maximum atomic E-state index is 11.9. The minimum Gasteiger partial charge on any atom is -0.477 e. The predicted octanol–water partition coefficient (Wildman–Crippen LogP) is 2.19.